The SMILES string of the molecule is CC(=O)N1CCCC(CCn2c(Sc3cc4c(cc3Br)OCO4)nc3cncnc32)C1. The number of amides is 1. The van der Waals surface area contributed by atoms with Gasteiger partial charge in [-0.1, -0.05) is 11.8 Å². The number of piperidine rings is 1. The van der Waals surface area contributed by atoms with Gasteiger partial charge >= 0.3 is 0 Å². The van der Waals surface area contributed by atoms with Crippen LogP contribution in [-0.2, 0) is 11.3 Å². The Hall–Kier alpha value is -2.33. The quantitative estimate of drug-likeness (QED) is 0.517. The van der Waals surface area contributed by atoms with Crippen molar-refractivity contribution >= 4 is 44.8 Å². The fraction of sp³-hybridized carbons (Fsp3) is 0.429. The van der Waals surface area contributed by atoms with Crippen LogP contribution >= 0.6 is 27.7 Å². The third-order valence-electron chi connectivity index (χ3n) is 5.73. The van der Waals surface area contributed by atoms with Crippen LogP contribution in [-0.4, -0.2) is 50.2 Å². The van der Waals surface area contributed by atoms with Crippen molar-refractivity contribution in [3.05, 3.63) is 29.1 Å². The highest BCUT2D eigenvalue weighted by molar-refractivity contribution is 9.10. The van der Waals surface area contributed by atoms with Gasteiger partial charge in [-0.3, -0.25) is 4.79 Å². The second kappa shape index (κ2) is 8.66. The molecule has 1 amide bonds. The van der Waals surface area contributed by atoms with E-state index in [-0.39, 0.29) is 12.7 Å². The molecular formula is C21H22BrN5O3S. The highest BCUT2D eigenvalue weighted by atomic mass is 79.9. The molecule has 0 aliphatic carbocycles. The first-order valence-electron chi connectivity index (χ1n) is 10.3. The first-order chi connectivity index (χ1) is 15.1. The van der Waals surface area contributed by atoms with E-state index in [1.807, 2.05) is 17.0 Å². The molecule has 1 atom stereocenters. The van der Waals surface area contributed by atoms with Crippen LogP contribution in [0.15, 0.2) is 39.2 Å². The molecule has 2 aliphatic heterocycles. The molecule has 1 unspecified atom stereocenters. The normalized spacial score (nSPS) is 18.0. The number of carbonyl (C=O) groups excluding carboxylic acids is 1. The number of imidazole rings is 1. The molecule has 8 nitrogen and oxygen atoms in total. The fourth-order valence-corrected chi connectivity index (χ4v) is 5.63. The predicted molar refractivity (Wildman–Crippen MR) is 119 cm³/mol. The maximum Gasteiger partial charge on any atom is 0.231 e. The Morgan fingerprint density at radius 2 is 2.16 bits per heavy atom. The number of hydrogen-bond acceptors (Lipinski definition) is 7. The van der Waals surface area contributed by atoms with E-state index in [1.165, 1.54) is 0 Å². The third kappa shape index (κ3) is 4.23. The Morgan fingerprint density at radius 3 is 3.00 bits per heavy atom. The van der Waals surface area contributed by atoms with Crippen molar-refractivity contribution in [2.24, 2.45) is 5.92 Å². The topological polar surface area (TPSA) is 82.4 Å². The molecule has 2 aliphatic rings. The summed E-state index contributed by atoms with van der Waals surface area (Å²) in [6, 6.07) is 3.90. The second-order valence-corrected chi connectivity index (χ2v) is 9.64. The number of aromatic nitrogens is 4. The minimum Gasteiger partial charge on any atom is -0.454 e. The summed E-state index contributed by atoms with van der Waals surface area (Å²) < 4.78 is 14.1. The minimum absolute atomic E-state index is 0.162. The van der Waals surface area contributed by atoms with Gasteiger partial charge in [-0.25, -0.2) is 15.0 Å². The lowest BCUT2D eigenvalue weighted by Crippen LogP contribution is -2.38. The fourth-order valence-electron chi connectivity index (χ4n) is 4.11. The van der Waals surface area contributed by atoms with Crippen molar-refractivity contribution in [2.45, 2.75) is 42.8 Å². The average molecular weight is 504 g/mol. The molecule has 1 saturated heterocycles. The van der Waals surface area contributed by atoms with Gasteiger partial charge in [0.05, 0.1) is 6.20 Å². The van der Waals surface area contributed by atoms with E-state index in [0.29, 0.717) is 5.92 Å². The van der Waals surface area contributed by atoms with Gasteiger partial charge in [0.2, 0.25) is 12.7 Å². The number of likely N-dealkylation sites (tertiary alicyclic amines) is 1. The third-order valence-corrected chi connectivity index (χ3v) is 7.70. The lowest BCUT2D eigenvalue weighted by molar-refractivity contribution is -0.130. The lowest BCUT2D eigenvalue weighted by Gasteiger charge is -2.32. The molecule has 162 valence electrons. The monoisotopic (exact) mass is 503 g/mol. The highest BCUT2D eigenvalue weighted by Crippen LogP contribution is 2.43. The van der Waals surface area contributed by atoms with E-state index in [9.17, 15) is 4.79 Å². The molecule has 0 bridgehead atoms. The highest BCUT2D eigenvalue weighted by Gasteiger charge is 2.23. The van der Waals surface area contributed by atoms with Crippen LogP contribution in [0.1, 0.15) is 26.2 Å². The van der Waals surface area contributed by atoms with E-state index in [2.05, 4.69) is 30.5 Å². The van der Waals surface area contributed by atoms with Gasteiger partial charge in [-0.2, -0.15) is 0 Å². The number of rotatable bonds is 5. The molecule has 3 aromatic rings. The van der Waals surface area contributed by atoms with Crippen LogP contribution in [0, 0.1) is 5.92 Å². The van der Waals surface area contributed by atoms with Gasteiger partial charge in [0, 0.05) is 35.9 Å². The summed E-state index contributed by atoms with van der Waals surface area (Å²) in [4.78, 5) is 28.2. The van der Waals surface area contributed by atoms with Crippen LogP contribution in [0.2, 0.25) is 0 Å². The standard InChI is InChI=1S/C21H22BrN5O3S/c1-13(28)26-5-2-3-14(10-26)4-6-27-20-16(9-23-11-24-20)25-21(27)31-19-8-18-17(7-15(19)22)29-12-30-18/h7-9,11,14H,2-6,10,12H2,1H3. The Morgan fingerprint density at radius 1 is 1.32 bits per heavy atom. The summed E-state index contributed by atoms with van der Waals surface area (Å²) in [6.45, 7) is 4.37. The Labute approximate surface area is 192 Å². The van der Waals surface area contributed by atoms with Crippen molar-refractivity contribution in [3.8, 4) is 11.5 Å². The number of aryl methyl sites for hydroxylation is 1. The number of fused-ring (bicyclic) bond motifs is 2. The second-order valence-electron chi connectivity index (χ2n) is 7.78. The molecule has 1 aromatic carbocycles. The van der Waals surface area contributed by atoms with Gasteiger partial charge in [-0.05, 0) is 53.2 Å². The van der Waals surface area contributed by atoms with Gasteiger partial charge in [0.15, 0.2) is 22.3 Å². The zero-order valence-corrected chi connectivity index (χ0v) is 19.5. The number of ether oxygens (including phenoxy) is 2. The van der Waals surface area contributed by atoms with Gasteiger partial charge in [-0.15, -0.1) is 0 Å². The molecule has 5 rings (SSSR count). The van der Waals surface area contributed by atoms with E-state index in [1.54, 1.807) is 31.2 Å². The number of hydrogen-bond donors (Lipinski definition) is 0. The summed E-state index contributed by atoms with van der Waals surface area (Å²) in [5.74, 6) is 2.11. The summed E-state index contributed by atoms with van der Waals surface area (Å²) in [7, 11) is 0. The molecular weight excluding hydrogens is 482 g/mol. The molecule has 0 radical (unpaired) electrons. The number of nitrogens with zero attached hydrogens (tertiary/aromatic N) is 5. The van der Waals surface area contributed by atoms with Crippen LogP contribution < -0.4 is 9.47 Å². The maximum absolute atomic E-state index is 11.8. The molecule has 0 saturated carbocycles. The smallest absolute Gasteiger partial charge is 0.231 e. The van der Waals surface area contributed by atoms with E-state index >= 15 is 0 Å². The minimum atomic E-state index is 0.162. The van der Waals surface area contributed by atoms with Crippen molar-refractivity contribution in [3.63, 3.8) is 0 Å². The maximum atomic E-state index is 11.8. The summed E-state index contributed by atoms with van der Waals surface area (Å²) >= 11 is 5.20. The zero-order valence-electron chi connectivity index (χ0n) is 17.1. The van der Waals surface area contributed by atoms with E-state index in [0.717, 1.165) is 76.1 Å². The zero-order chi connectivity index (χ0) is 21.4. The summed E-state index contributed by atoms with van der Waals surface area (Å²) in [6.07, 6.45) is 6.47. The van der Waals surface area contributed by atoms with Crippen LogP contribution in [0.25, 0.3) is 11.2 Å². The Balaban J connectivity index is 1.40. The molecule has 1 fully saturated rings. The molecule has 0 spiro atoms. The lowest BCUT2D eigenvalue weighted by atomic mass is 9.95. The number of carbonyl (C=O) groups is 1. The molecule has 4 heterocycles. The average Bonchev–Trinajstić information content (AvgIpc) is 3.36. The van der Waals surface area contributed by atoms with Crippen LogP contribution in [0.3, 0.4) is 0 Å². The van der Waals surface area contributed by atoms with Crippen molar-refractivity contribution in [1.82, 2.24) is 24.4 Å². The van der Waals surface area contributed by atoms with E-state index < -0.39 is 0 Å². The molecule has 10 heteroatoms. The van der Waals surface area contributed by atoms with Crippen molar-refractivity contribution < 1.29 is 14.3 Å². The number of benzene rings is 1. The summed E-state index contributed by atoms with van der Waals surface area (Å²) in [5.41, 5.74) is 1.60. The Kier molecular flexibility index (Phi) is 5.75. The van der Waals surface area contributed by atoms with Crippen LogP contribution in [0.4, 0.5) is 0 Å². The molecule has 2 aromatic heterocycles. The number of halogens is 1. The first kappa shape index (κ1) is 20.6. The van der Waals surface area contributed by atoms with Gasteiger partial charge < -0.3 is 18.9 Å². The Bertz CT molecular complexity index is 1140. The molecule has 31 heavy (non-hydrogen) atoms. The van der Waals surface area contributed by atoms with Gasteiger partial charge in [0.1, 0.15) is 11.8 Å². The first-order valence-corrected chi connectivity index (χ1v) is 11.9. The predicted octanol–water partition coefficient (Wildman–Crippen LogP) is 4.12. The molecule has 0 N–H and O–H groups in total. The van der Waals surface area contributed by atoms with Crippen molar-refractivity contribution in [1.29, 1.82) is 0 Å². The largest absolute Gasteiger partial charge is 0.454 e. The van der Waals surface area contributed by atoms with Crippen molar-refractivity contribution in [2.75, 3.05) is 19.9 Å². The van der Waals surface area contributed by atoms with E-state index in [4.69, 9.17) is 14.5 Å². The van der Waals surface area contributed by atoms with Gasteiger partial charge in [0.25, 0.3) is 0 Å². The van der Waals surface area contributed by atoms with Crippen LogP contribution in [0.5, 0.6) is 11.5 Å². The summed E-state index contributed by atoms with van der Waals surface area (Å²) in [5, 5.41) is 0.856.